The summed E-state index contributed by atoms with van der Waals surface area (Å²) in [6.07, 6.45) is 2.56. The van der Waals surface area contributed by atoms with E-state index in [-0.39, 0.29) is 11.6 Å². The van der Waals surface area contributed by atoms with Crippen molar-refractivity contribution in [3.8, 4) is 11.4 Å². The number of carbonyl (C=O) groups is 1. The summed E-state index contributed by atoms with van der Waals surface area (Å²) in [4.78, 5) is 30.7. The molecule has 2 heterocycles. The highest BCUT2D eigenvalue weighted by Crippen LogP contribution is 2.28. The molecule has 0 aliphatic heterocycles. The molecule has 4 N–H and O–H groups in total. The van der Waals surface area contributed by atoms with Crippen molar-refractivity contribution < 1.29 is 9.32 Å². The average molecular weight is 379 g/mol. The predicted octanol–water partition coefficient (Wildman–Crippen LogP) is 2.00. The maximum absolute atomic E-state index is 12.0. The third kappa shape index (κ3) is 3.59. The van der Waals surface area contributed by atoms with E-state index < -0.39 is 11.5 Å². The largest absolute Gasteiger partial charge is 0.365 e. The SMILES string of the molecule is Cc1ccc(-c2noc(CNC3CCCc4[nH]c(=O)c(C(N)=O)cc43)n2)cc1. The Hall–Kier alpha value is -3.26. The van der Waals surface area contributed by atoms with Crippen LogP contribution < -0.4 is 16.6 Å². The molecule has 1 atom stereocenters. The van der Waals surface area contributed by atoms with Crippen molar-refractivity contribution in [1.82, 2.24) is 20.4 Å². The van der Waals surface area contributed by atoms with Crippen LogP contribution in [0.2, 0.25) is 0 Å². The number of aromatic amines is 1. The molecule has 1 amide bonds. The Morgan fingerprint density at radius 2 is 2.14 bits per heavy atom. The van der Waals surface area contributed by atoms with Crippen LogP contribution >= 0.6 is 0 Å². The summed E-state index contributed by atoms with van der Waals surface area (Å²) in [5.74, 6) is 0.288. The van der Waals surface area contributed by atoms with Crippen LogP contribution in [-0.2, 0) is 13.0 Å². The molecule has 0 spiro atoms. The van der Waals surface area contributed by atoms with Crippen molar-refractivity contribution in [3.63, 3.8) is 0 Å². The van der Waals surface area contributed by atoms with Gasteiger partial charge in [-0.2, -0.15) is 4.98 Å². The van der Waals surface area contributed by atoms with Gasteiger partial charge in [0.05, 0.1) is 6.54 Å². The van der Waals surface area contributed by atoms with Gasteiger partial charge in [0, 0.05) is 17.3 Å². The zero-order valence-electron chi connectivity index (χ0n) is 15.5. The highest BCUT2D eigenvalue weighted by atomic mass is 16.5. The summed E-state index contributed by atoms with van der Waals surface area (Å²) in [6, 6.07) is 9.47. The van der Waals surface area contributed by atoms with Gasteiger partial charge < -0.3 is 20.6 Å². The Morgan fingerprint density at radius 3 is 2.89 bits per heavy atom. The first kappa shape index (κ1) is 18.1. The second kappa shape index (κ2) is 7.40. The number of pyridine rings is 1. The molecule has 4 rings (SSSR count). The molecular weight excluding hydrogens is 358 g/mol. The number of hydrogen-bond acceptors (Lipinski definition) is 6. The van der Waals surface area contributed by atoms with Gasteiger partial charge >= 0.3 is 0 Å². The fraction of sp³-hybridized carbons (Fsp3) is 0.300. The Labute approximate surface area is 161 Å². The highest BCUT2D eigenvalue weighted by molar-refractivity contribution is 5.92. The van der Waals surface area contributed by atoms with Crippen LogP contribution in [0.25, 0.3) is 11.4 Å². The topological polar surface area (TPSA) is 127 Å². The third-order valence-electron chi connectivity index (χ3n) is 5.00. The van der Waals surface area contributed by atoms with Gasteiger partial charge in [0.1, 0.15) is 5.56 Å². The van der Waals surface area contributed by atoms with Crippen LogP contribution in [0.1, 0.15) is 52.0 Å². The number of aryl methyl sites for hydroxylation is 2. The lowest BCUT2D eigenvalue weighted by Gasteiger charge is -2.26. The Kier molecular flexibility index (Phi) is 4.79. The molecule has 0 bridgehead atoms. The number of rotatable bonds is 5. The zero-order valence-corrected chi connectivity index (χ0v) is 15.5. The first-order valence-corrected chi connectivity index (χ1v) is 9.20. The smallest absolute Gasteiger partial charge is 0.261 e. The van der Waals surface area contributed by atoms with Crippen LogP contribution in [0.5, 0.6) is 0 Å². The number of amides is 1. The molecule has 0 saturated heterocycles. The summed E-state index contributed by atoms with van der Waals surface area (Å²) in [5.41, 5.74) is 8.64. The van der Waals surface area contributed by atoms with E-state index in [0.29, 0.717) is 18.3 Å². The number of fused-ring (bicyclic) bond motifs is 1. The number of aromatic nitrogens is 3. The van der Waals surface area contributed by atoms with Crippen LogP contribution in [0.4, 0.5) is 0 Å². The molecule has 2 aromatic heterocycles. The molecule has 1 unspecified atom stereocenters. The van der Waals surface area contributed by atoms with Crippen LogP contribution in [0, 0.1) is 6.92 Å². The number of benzene rings is 1. The van der Waals surface area contributed by atoms with E-state index in [1.807, 2.05) is 31.2 Å². The summed E-state index contributed by atoms with van der Waals surface area (Å²) in [5, 5.41) is 7.42. The van der Waals surface area contributed by atoms with E-state index in [0.717, 1.165) is 36.1 Å². The second-order valence-electron chi connectivity index (χ2n) is 7.01. The highest BCUT2D eigenvalue weighted by Gasteiger charge is 2.24. The van der Waals surface area contributed by atoms with Crippen molar-refractivity contribution in [1.29, 1.82) is 0 Å². The quantitative estimate of drug-likeness (QED) is 0.622. The Morgan fingerprint density at radius 1 is 1.36 bits per heavy atom. The summed E-state index contributed by atoms with van der Waals surface area (Å²) in [6.45, 7) is 2.41. The Balaban J connectivity index is 1.51. The van der Waals surface area contributed by atoms with Gasteiger partial charge in [-0.1, -0.05) is 35.0 Å². The van der Waals surface area contributed by atoms with Crippen molar-refractivity contribution in [3.05, 3.63) is 69.0 Å². The summed E-state index contributed by atoms with van der Waals surface area (Å²) < 4.78 is 5.35. The van der Waals surface area contributed by atoms with Crippen molar-refractivity contribution in [2.45, 2.75) is 38.8 Å². The minimum atomic E-state index is -0.729. The van der Waals surface area contributed by atoms with E-state index in [9.17, 15) is 9.59 Å². The molecule has 1 aromatic carbocycles. The fourth-order valence-corrected chi connectivity index (χ4v) is 3.49. The fourth-order valence-electron chi connectivity index (χ4n) is 3.49. The first-order chi connectivity index (χ1) is 13.5. The lowest BCUT2D eigenvalue weighted by molar-refractivity contribution is 0.0998. The minimum Gasteiger partial charge on any atom is -0.365 e. The van der Waals surface area contributed by atoms with Gasteiger partial charge in [0.15, 0.2) is 0 Å². The number of carbonyl (C=O) groups excluding carboxylic acids is 1. The van der Waals surface area contributed by atoms with E-state index in [1.54, 1.807) is 6.07 Å². The molecule has 0 saturated carbocycles. The number of nitrogens with two attached hydrogens (primary N) is 1. The van der Waals surface area contributed by atoms with Crippen LogP contribution in [-0.4, -0.2) is 21.0 Å². The first-order valence-electron chi connectivity index (χ1n) is 9.20. The van der Waals surface area contributed by atoms with E-state index in [1.165, 1.54) is 5.56 Å². The molecule has 8 nitrogen and oxygen atoms in total. The Bertz CT molecular complexity index is 1070. The average Bonchev–Trinajstić information content (AvgIpc) is 3.15. The molecule has 1 aliphatic rings. The van der Waals surface area contributed by atoms with Gasteiger partial charge in [-0.25, -0.2) is 0 Å². The molecule has 144 valence electrons. The number of H-pyrrole nitrogens is 1. The van der Waals surface area contributed by atoms with E-state index in [2.05, 4.69) is 20.4 Å². The van der Waals surface area contributed by atoms with Gasteiger partial charge in [-0.15, -0.1) is 0 Å². The molecule has 0 fully saturated rings. The van der Waals surface area contributed by atoms with E-state index in [4.69, 9.17) is 10.3 Å². The lowest BCUT2D eigenvalue weighted by atomic mass is 9.90. The van der Waals surface area contributed by atoms with Gasteiger partial charge in [-0.05, 0) is 37.8 Å². The lowest BCUT2D eigenvalue weighted by Crippen LogP contribution is -2.31. The third-order valence-corrected chi connectivity index (χ3v) is 5.00. The number of nitrogens with one attached hydrogen (secondary N) is 2. The summed E-state index contributed by atoms with van der Waals surface area (Å²) in [7, 11) is 0. The van der Waals surface area contributed by atoms with Gasteiger partial charge in [-0.3, -0.25) is 9.59 Å². The zero-order chi connectivity index (χ0) is 19.7. The molecule has 1 aliphatic carbocycles. The molecule has 8 heteroatoms. The van der Waals surface area contributed by atoms with Gasteiger partial charge in [0.25, 0.3) is 11.5 Å². The maximum Gasteiger partial charge on any atom is 0.261 e. The summed E-state index contributed by atoms with van der Waals surface area (Å²) >= 11 is 0. The number of primary amides is 1. The van der Waals surface area contributed by atoms with Crippen LogP contribution in [0.15, 0.2) is 39.6 Å². The monoisotopic (exact) mass is 379 g/mol. The molecule has 3 aromatic rings. The van der Waals surface area contributed by atoms with Crippen molar-refractivity contribution in [2.75, 3.05) is 0 Å². The maximum atomic E-state index is 12.0. The predicted molar refractivity (Wildman–Crippen MR) is 103 cm³/mol. The molecule has 0 radical (unpaired) electrons. The molecule has 28 heavy (non-hydrogen) atoms. The van der Waals surface area contributed by atoms with Crippen LogP contribution in [0.3, 0.4) is 0 Å². The normalized spacial score (nSPS) is 16.0. The van der Waals surface area contributed by atoms with E-state index >= 15 is 0 Å². The van der Waals surface area contributed by atoms with Crippen molar-refractivity contribution in [2.24, 2.45) is 5.73 Å². The molecular formula is C20H21N5O3. The number of nitrogens with zero attached hydrogens (tertiary/aromatic N) is 2. The number of hydrogen-bond donors (Lipinski definition) is 3. The van der Waals surface area contributed by atoms with Gasteiger partial charge in [0.2, 0.25) is 11.7 Å². The van der Waals surface area contributed by atoms with Crippen molar-refractivity contribution >= 4 is 5.91 Å². The minimum absolute atomic E-state index is 0.0214. The second-order valence-corrected chi connectivity index (χ2v) is 7.01. The standard InChI is InChI=1S/C20H21N5O3/c1-11-5-7-12(8-6-11)19-24-17(28-25-19)10-22-15-3-2-4-16-13(15)9-14(18(21)26)20(27)23-16/h5-9,15,22H,2-4,10H2,1H3,(H2,21,26)(H,23,27).